The van der Waals surface area contributed by atoms with Crippen molar-refractivity contribution in [3.63, 3.8) is 0 Å². The number of amides is 1. The molecule has 2 atom stereocenters. The number of carbonyl (C=O) groups excluding carboxylic acids is 1. The molecule has 0 radical (unpaired) electrons. The van der Waals surface area contributed by atoms with Crippen molar-refractivity contribution in [2.45, 2.75) is 49.9 Å². The largest absolute Gasteiger partial charge is 0.471 e. The van der Waals surface area contributed by atoms with Gasteiger partial charge in [0.25, 0.3) is 0 Å². The van der Waals surface area contributed by atoms with Crippen LogP contribution in [0.2, 0.25) is 0 Å². The number of piperidine rings is 1. The van der Waals surface area contributed by atoms with Gasteiger partial charge in [0.1, 0.15) is 0 Å². The molecule has 29 heavy (non-hydrogen) atoms. The maximum absolute atomic E-state index is 13.0. The van der Waals surface area contributed by atoms with E-state index in [4.69, 9.17) is 0 Å². The van der Waals surface area contributed by atoms with Crippen molar-refractivity contribution in [3.8, 4) is 11.3 Å². The van der Waals surface area contributed by atoms with Gasteiger partial charge in [0.15, 0.2) is 5.65 Å². The van der Waals surface area contributed by atoms with Crippen LogP contribution >= 0.6 is 0 Å². The Morgan fingerprint density at radius 2 is 1.72 bits per heavy atom. The van der Waals surface area contributed by atoms with Crippen LogP contribution < -0.4 is 0 Å². The van der Waals surface area contributed by atoms with Gasteiger partial charge < -0.3 is 4.90 Å². The zero-order valence-electron chi connectivity index (χ0n) is 15.4. The first kappa shape index (κ1) is 18.1. The fraction of sp³-hybridized carbons (Fsp3) is 0.400. The van der Waals surface area contributed by atoms with Crippen LogP contribution in [0.15, 0.2) is 42.9 Å². The zero-order chi connectivity index (χ0) is 20.2. The van der Waals surface area contributed by atoms with Gasteiger partial charge in [0.2, 0.25) is 0 Å². The molecular weight excluding hydrogens is 383 g/mol. The Morgan fingerprint density at radius 3 is 2.38 bits per heavy atom. The molecule has 5 heterocycles. The van der Waals surface area contributed by atoms with Crippen LogP contribution in [-0.2, 0) is 4.79 Å². The molecule has 2 unspecified atom stereocenters. The first-order valence-corrected chi connectivity index (χ1v) is 9.56. The predicted octanol–water partition coefficient (Wildman–Crippen LogP) is 3.59. The normalized spacial score (nSPS) is 24.2. The molecule has 0 aromatic carbocycles. The molecule has 5 rings (SSSR count). The number of pyridine rings is 1. The first-order chi connectivity index (χ1) is 13.9. The molecule has 2 fully saturated rings. The van der Waals surface area contributed by atoms with Crippen molar-refractivity contribution in [2.75, 3.05) is 0 Å². The average Bonchev–Trinajstić information content (AvgIpc) is 3.25. The van der Waals surface area contributed by atoms with Crippen molar-refractivity contribution >= 4 is 11.6 Å². The molecule has 2 saturated heterocycles. The smallest absolute Gasteiger partial charge is 0.329 e. The first-order valence-electron chi connectivity index (χ1n) is 9.56. The minimum absolute atomic E-state index is 0.0282. The van der Waals surface area contributed by atoms with E-state index in [2.05, 4.69) is 15.1 Å². The van der Waals surface area contributed by atoms with Crippen LogP contribution in [0.3, 0.4) is 0 Å². The van der Waals surface area contributed by atoms with Gasteiger partial charge in [0, 0.05) is 53.9 Å². The molecule has 1 amide bonds. The Morgan fingerprint density at radius 1 is 1.03 bits per heavy atom. The van der Waals surface area contributed by atoms with E-state index < -0.39 is 12.1 Å². The van der Waals surface area contributed by atoms with Gasteiger partial charge in [-0.15, -0.1) is 0 Å². The van der Waals surface area contributed by atoms with Crippen LogP contribution in [0.4, 0.5) is 13.2 Å². The Balaban J connectivity index is 1.47. The second kappa shape index (κ2) is 6.53. The number of hydrogen-bond donors (Lipinski definition) is 0. The molecule has 0 saturated carbocycles. The van der Waals surface area contributed by atoms with E-state index in [-0.39, 0.29) is 18.0 Å². The molecule has 0 N–H and O–H groups in total. The number of aromatic nitrogens is 4. The third-order valence-corrected chi connectivity index (χ3v) is 5.99. The summed E-state index contributed by atoms with van der Waals surface area (Å²) in [5.74, 6) is -1.68. The Labute approximate surface area is 164 Å². The molecule has 2 aliphatic rings. The lowest BCUT2D eigenvalue weighted by molar-refractivity contribution is -0.190. The zero-order valence-corrected chi connectivity index (χ0v) is 15.4. The Bertz CT molecular complexity index is 1050. The van der Waals surface area contributed by atoms with E-state index in [9.17, 15) is 18.0 Å². The van der Waals surface area contributed by atoms with Crippen LogP contribution in [0.5, 0.6) is 0 Å². The summed E-state index contributed by atoms with van der Waals surface area (Å²) < 4.78 is 40.7. The lowest BCUT2D eigenvalue weighted by Crippen LogP contribution is -2.51. The molecular formula is C20H18F3N5O. The van der Waals surface area contributed by atoms with Crippen molar-refractivity contribution in [1.82, 2.24) is 24.5 Å². The van der Waals surface area contributed by atoms with Gasteiger partial charge in [0.05, 0.1) is 5.69 Å². The fourth-order valence-corrected chi connectivity index (χ4v) is 4.78. The van der Waals surface area contributed by atoms with Crippen molar-refractivity contribution in [2.24, 2.45) is 0 Å². The summed E-state index contributed by atoms with van der Waals surface area (Å²) in [6, 6.07) is 6.72. The summed E-state index contributed by atoms with van der Waals surface area (Å²) >= 11 is 0. The lowest BCUT2D eigenvalue weighted by atomic mass is 9.87. The number of carbonyl (C=O) groups is 1. The molecule has 3 aromatic heterocycles. The number of hydrogen-bond acceptors (Lipinski definition) is 4. The van der Waals surface area contributed by atoms with E-state index >= 15 is 0 Å². The number of fused-ring (bicyclic) bond motifs is 3. The van der Waals surface area contributed by atoms with E-state index in [0.717, 1.165) is 21.9 Å². The quantitative estimate of drug-likeness (QED) is 0.658. The number of halogens is 3. The molecule has 9 heteroatoms. The molecule has 0 spiro atoms. The number of nitrogens with zero attached hydrogens (tertiary/aromatic N) is 5. The van der Waals surface area contributed by atoms with Gasteiger partial charge >= 0.3 is 12.1 Å². The summed E-state index contributed by atoms with van der Waals surface area (Å²) in [5.41, 5.74) is 3.30. The maximum Gasteiger partial charge on any atom is 0.471 e. The van der Waals surface area contributed by atoms with Gasteiger partial charge in [-0.3, -0.25) is 9.78 Å². The van der Waals surface area contributed by atoms with E-state index in [1.165, 1.54) is 0 Å². The summed E-state index contributed by atoms with van der Waals surface area (Å²) in [5, 5.41) is 4.69. The highest BCUT2D eigenvalue weighted by atomic mass is 19.4. The van der Waals surface area contributed by atoms with Crippen molar-refractivity contribution < 1.29 is 18.0 Å². The molecule has 3 aromatic rings. The van der Waals surface area contributed by atoms with Crippen molar-refractivity contribution in [1.29, 1.82) is 0 Å². The van der Waals surface area contributed by atoms with E-state index in [0.29, 0.717) is 31.3 Å². The molecule has 6 nitrogen and oxygen atoms in total. The molecule has 2 aliphatic heterocycles. The number of rotatable bonds is 2. The SMILES string of the molecule is O=C(N1C2CCC1CC(c1ccnc3cc(-c4ccncc4)nn13)C2)C(F)(F)F. The Hall–Kier alpha value is -2.97. The summed E-state index contributed by atoms with van der Waals surface area (Å²) in [6.45, 7) is 0. The third-order valence-electron chi connectivity index (χ3n) is 5.99. The molecule has 0 aliphatic carbocycles. The fourth-order valence-electron chi connectivity index (χ4n) is 4.78. The van der Waals surface area contributed by atoms with Crippen LogP contribution in [0.1, 0.15) is 37.3 Å². The lowest BCUT2D eigenvalue weighted by Gasteiger charge is -2.39. The van der Waals surface area contributed by atoms with Crippen molar-refractivity contribution in [3.05, 3.63) is 48.5 Å². The highest BCUT2D eigenvalue weighted by Crippen LogP contribution is 2.44. The highest BCUT2D eigenvalue weighted by molar-refractivity contribution is 5.83. The summed E-state index contributed by atoms with van der Waals surface area (Å²) in [4.78, 5) is 21.3. The molecule has 2 bridgehead atoms. The third kappa shape index (κ3) is 3.04. The number of alkyl halides is 3. The summed E-state index contributed by atoms with van der Waals surface area (Å²) in [6.07, 6.45) is 2.50. The maximum atomic E-state index is 13.0. The summed E-state index contributed by atoms with van der Waals surface area (Å²) in [7, 11) is 0. The monoisotopic (exact) mass is 401 g/mol. The van der Waals surface area contributed by atoms with E-state index in [1.807, 2.05) is 24.3 Å². The highest BCUT2D eigenvalue weighted by Gasteiger charge is 2.52. The topological polar surface area (TPSA) is 63.4 Å². The standard InChI is InChI=1S/C20H18F3N5O/c21-20(22,23)19(29)27-14-1-2-15(27)10-13(9-14)17-5-8-25-18-11-16(26-28(17)18)12-3-6-24-7-4-12/h3-8,11,13-15H,1-2,9-10H2. The minimum atomic E-state index is -4.82. The van der Waals surface area contributed by atoms with Crippen LogP contribution in [0.25, 0.3) is 16.9 Å². The molecule has 150 valence electrons. The van der Waals surface area contributed by atoms with Gasteiger partial charge in [-0.1, -0.05) is 0 Å². The second-order valence-electron chi connectivity index (χ2n) is 7.67. The minimum Gasteiger partial charge on any atom is -0.329 e. The van der Waals surface area contributed by atoms with Gasteiger partial charge in [-0.25, -0.2) is 9.50 Å². The average molecular weight is 401 g/mol. The van der Waals surface area contributed by atoms with Crippen LogP contribution in [-0.4, -0.2) is 48.6 Å². The van der Waals surface area contributed by atoms with Gasteiger partial charge in [-0.2, -0.15) is 18.3 Å². The van der Waals surface area contributed by atoms with Gasteiger partial charge in [-0.05, 0) is 43.9 Å². The second-order valence-corrected chi connectivity index (χ2v) is 7.67. The predicted molar refractivity (Wildman–Crippen MR) is 97.9 cm³/mol. The Kier molecular flexibility index (Phi) is 4.07. The van der Waals surface area contributed by atoms with Crippen LogP contribution in [0, 0.1) is 0 Å². The van der Waals surface area contributed by atoms with E-state index in [1.54, 1.807) is 23.1 Å².